The van der Waals surface area contributed by atoms with Crippen LogP contribution in [0.5, 0.6) is 0 Å². The summed E-state index contributed by atoms with van der Waals surface area (Å²) >= 11 is 5.73. The Morgan fingerprint density at radius 2 is 1.71 bits per heavy atom. The summed E-state index contributed by atoms with van der Waals surface area (Å²) in [5.41, 5.74) is -0.0804. The molecule has 0 heterocycles. The van der Waals surface area contributed by atoms with Crippen LogP contribution in [0.25, 0.3) is 0 Å². The third kappa shape index (κ3) is 7.65. The van der Waals surface area contributed by atoms with Gasteiger partial charge in [-0.1, -0.05) is 76.5 Å². The van der Waals surface area contributed by atoms with E-state index in [1.165, 1.54) is 44.2 Å². The van der Waals surface area contributed by atoms with E-state index in [4.69, 9.17) is 16.3 Å². The first-order valence-corrected chi connectivity index (χ1v) is 9.62. The van der Waals surface area contributed by atoms with Gasteiger partial charge in [-0.25, -0.2) is 9.18 Å². The molecule has 0 N–H and O–H groups in total. The first kappa shape index (κ1) is 21.0. The Morgan fingerprint density at radius 1 is 1.04 bits per heavy atom. The lowest BCUT2D eigenvalue weighted by Gasteiger charge is -2.17. The summed E-state index contributed by atoms with van der Waals surface area (Å²) in [6.45, 7) is 4.28. The highest BCUT2D eigenvalue weighted by Gasteiger charge is 2.19. The van der Waals surface area contributed by atoms with Crippen LogP contribution in [0.2, 0.25) is 5.02 Å². The van der Waals surface area contributed by atoms with Crippen molar-refractivity contribution in [1.82, 2.24) is 0 Å². The maximum Gasteiger partial charge on any atom is 0.341 e. The van der Waals surface area contributed by atoms with Crippen LogP contribution in [0.15, 0.2) is 18.2 Å². The molecule has 0 saturated heterocycles. The van der Waals surface area contributed by atoms with E-state index in [1.54, 1.807) is 6.07 Å². The van der Waals surface area contributed by atoms with Crippen molar-refractivity contribution in [1.29, 1.82) is 0 Å². The highest BCUT2D eigenvalue weighted by atomic mass is 35.5. The molecule has 0 bridgehead atoms. The lowest BCUT2D eigenvalue weighted by molar-refractivity contribution is 0.0248. The number of benzene rings is 1. The van der Waals surface area contributed by atoms with Gasteiger partial charge in [0, 0.05) is 0 Å². The summed E-state index contributed by atoms with van der Waals surface area (Å²) in [5, 5.41) is -0.0522. The highest BCUT2D eigenvalue weighted by Crippen LogP contribution is 2.21. The minimum atomic E-state index is -0.699. The van der Waals surface area contributed by atoms with Gasteiger partial charge in [0.25, 0.3) is 0 Å². The van der Waals surface area contributed by atoms with Crippen LogP contribution in [0, 0.1) is 5.82 Å². The van der Waals surface area contributed by atoms with Crippen LogP contribution < -0.4 is 0 Å². The normalized spacial score (nSPS) is 12.2. The second-order valence-corrected chi connectivity index (χ2v) is 6.73. The van der Waals surface area contributed by atoms with Crippen molar-refractivity contribution in [3.05, 3.63) is 34.6 Å². The molecule has 0 aliphatic carbocycles. The Kier molecular flexibility index (Phi) is 10.7. The van der Waals surface area contributed by atoms with Crippen molar-refractivity contribution in [3.8, 4) is 0 Å². The second-order valence-electron chi connectivity index (χ2n) is 6.33. The van der Waals surface area contributed by atoms with E-state index in [-0.39, 0.29) is 16.7 Å². The maximum atomic E-state index is 13.9. The molecule has 1 atom stereocenters. The van der Waals surface area contributed by atoms with Gasteiger partial charge < -0.3 is 4.74 Å². The van der Waals surface area contributed by atoms with Crippen molar-refractivity contribution < 1.29 is 13.9 Å². The van der Waals surface area contributed by atoms with E-state index in [0.29, 0.717) is 0 Å². The molecule has 1 aromatic carbocycles. The third-order valence-corrected chi connectivity index (χ3v) is 4.48. The van der Waals surface area contributed by atoms with Crippen LogP contribution in [0.4, 0.5) is 4.39 Å². The monoisotopic (exact) mass is 356 g/mol. The van der Waals surface area contributed by atoms with Gasteiger partial charge in [0.2, 0.25) is 0 Å². The zero-order valence-corrected chi connectivity index (χ0v) is 15.7. The number of hydrogen-bond acceptors (Lipinski definition) is 2. The van der Waals surface area contributed by atoms with E-state index in [9.17, 15) is 9.18 Å². The molecule has 1 aromatic rings. The van der Waals surface area contributed by atoms with E-state index >= 15 is 0 Å². The van der Waals surface area contributed by atoms with Gasteiger partial charge in [-0.3, -0.25) is 0 Å². The number of halogens is 2. The fourth-order valence-electron chi connectivity index (χ4n) is 2.79. The molecule has 0 saturated carbocycles. The molecular formula is C20H30ClFO2. The molecule has 1 unspecified atom stereocenters. The molecule has 0 aromatic heterocycles. The molecule has 0 aliphatic heterocycles. The van der Waals surface area contributed by atoms with E-state index < -0.39 is 11.8 Å². The van der Waals surface area contributed by atoms with Gasteiger partial charge in [0.1, 0.15) is 6.10 Å². The van der Waals surface area contributed by atoms with Gasteiger partial charge >= 0.3 is 5.97 Å². The molecule has 2 nitrogen and oxygen atoms in total. The second kappa shape index (κ2) is 12.3. The summed E-state index contributed by atoms with van der Waals surface area (Å²) < 4.78 is 19.4. The fraction of sp³-hybridized carbons (Fsp3) is 0.650. The van der Waals surface area contributed by atoms with E-state index in [0.717, 1.165) is 32.1 Å². The van der Waals surface area contributed by atoms with E-state index in [1.807, 2.05) is 0 Å². The number of hydrogen-bond donors (Lipinski definition) is 0. The predicted octanol–water partition coefficient (Wildman–Crippen LogP) is 6.95. The minimum absolute atomic E-state index is 0.0522. The summed E-state index contributed by atoms with van der Waals surface area (Å²) in [6.07, 6.45) is 11.0. The number of esters is 1. The van der Waals surface area contributed by atoms with Crippen LogP contribution in [0.3, 0.4) is 0 Å². The van der Waals surface area contributed by atoms with Gasteiger partial charge in [-0.15, -0.1) is 0 Å². The molecule has 136 valence electrons. The summed E-state index contributed by atoms with van der Waals surface area (Å²) in [5.74, 6) is -1.31. The van der Waals surface area contributed by atoms with Crippen molar-refractivity contribution in [3.63, 3.8) is 0 Å². The molecule has 0 radical (unpaired) electrons. The van der Waals surface area contributed by atoms with E-state index in [2.05, 4.69) is 13.8 Å². The highest BCUT2D eigenvalue weighted by molar-refractivity contribution is 6.31. The smallest absolute Gasteiger partial charge is 0.341 e. The molecule has 24 heavy (non-hydrogen) atoms. The first-order chi connectivity index (χ1) is 11.6. The van der Waals surface area contributed by atoms with Crippen LogP contribution >= 0.6 is 11.6 Å². The molecule has 0 aliphatic rings. The summed E-state index contributed by atoms with van der Waals surface area (Å²) in [6, 6.07) is 4.41. The molecule has 0 fully saturated rings. The Hall–Kier alpha value is -1.09. The number of rotatable bonds is 12. The predicted molar refractivity (Wildman–Crippen MR) is 98.1 cm³/mol. The maximum absolute atomic E-state index is 13.9. The standard InChI is InChI=1S/C20H30ClFO2/c1-3-5-6-7-8-9-10-13-16(12-4-2)24-20(23)17-14-11-15-18(21)19(17)22/h11,14-16H,3-10,12-13H2,1-2H3. The molecule has 4 heteroatoms. The lowest BCUT2D eigenvalue weighted by atomic mass is 10.0. The quantitative estimate of drug-likeness (QED) is 0.299. The number of carbonyl (C=O) groups excluding carboxylic acids is 1. The van der Waals surface area contributed by atoms with Gasteiger partial charge in [-0.05, 0) is 31.4 Å². The van der Waals surface area contributed by atoms with Crippen LogP contribution in [0.1, 0.15) is 88.4 Å². The van der Waals surface area contributed by atoms with Crippen LogP contribution in [-0.4, -0.2) is 12.1 Å². The summed E-state index contributed by atoms with van der Waals surface area (Å²) in [7, 11) is 0. The largest absolute Gasteiger partial charge is 0.459 e. The Balaban J connectivity index is 2.42. The third-order valence-electron chi connectivity index (χ3n) is 4.19. The average molecular weight is 357 g/mol. The Bertz CT molecular complexity index is 491. The Labute approximate surface area is 150 Å². The average Bonchev–Trinajstić information content (AvgIpc) is 2.56. The molecule has 0 amide bonds. The molecule has 1 rings (SSSR count). The zero-order chi connectivity index (χ0) is 17.8. The number of unbranched alkanes of at least 4 members (excludes halogenated alkanes) is 6. The molecular weight excluding hydrogens is 327 g/mol. The fourth-order valence-corrected chi connectivity index (χ4v) is 2.96. The Morgan fingerprint density at radius 3 is 2.38 bits per heavy atom. The number of ether oxygens (including phenoxy) is 1. The van der Waals surface area contributed by atoms with Crippen molar-refractivity contribution >= 4 is 17.6 Å². The van der Waals surface area contributed by atoms with Crippen molar-refractivity contribution in [2.45, 2.75) is 84.2 Å². The zero-order valence-electron chi connectivity index (χ0n) is 15.0. The molecule has 0 spiro atoms. The van der Waals surface area contributed by atoms with Crippen molar-refractivity contribution in [2.75, 3.05) is 0 Å². The minimum Gasteiger partial charge on any atom is -0.459 e. The van der Waals surface area contributed by atoms with Gasteiger partial charge in [0.05, 0.1) is 10.6 Å². The van der Waals surface area contributed by atoms with Crippen LogP contribution in [-0.2, 0) is 4.74 Å². The lowest BCUT2D eigenvalue weighted by Crippen LogP contribution is -2.19. The first-order valence-electron chi connectivity index (χ1n) is 9.25. The topological polar surface area (TPSA) is 26.3 Å². The van der Waals surface area contributed by atoms with Crippen molar-refractivity contribution in [2.24, 2.45) is 0 Å². The summed E-state index contributed by atoms with van der Waals surface area (Å²) in [4.78, 5) is 12.2. The van der Waals surface area contributed by atoms with Gasteiger partial charge in [-0.2, -0.15) is 0 Å². The number of carbonyl (C=O) groups is 1. The van der Waals surface area contributed by atoms with Gasteiger partial charge in [0.15, 0.2) is 5.82 Å². The SMILES string of the molecule is CCCCCCCCCC(CCC)OC(=O)c1cccc(Cl)c1F.